The summed E-state index contributed by atoms with van der Waals surface area (Å²) in [6.45, 7) is 5.17. The fourth-order valence-electron chi connectivity index (χ4n) is 0.218. The van der Waals surface area contributed by atoms with E-state index in [1.54, 1.807) is 0 Å². The van der Waals surface area contributed by atoms with Gasteiger partial charge in [0.1, 0.15) is 0 Å². The summed E-state index contributed by atoms with van der Waals surface area (Å²) in [7, 11) is -1.23. The Bertz CT molecular complexity index is 119. The van der Waals surface area contributed by atoms with Crippen LogP contribution in [0.4, 0.5) is 0 Å². The predicted octanol–water partition coefficient (Wildman–Crippen LogP) is 1.75. The average molecular weight is 214 g/mol. The van der Waals surface area contributed by atoms with Gasteiger partial charge in [0, 0.05) is 0 Å². The molecule has 1 amide bonds. The molecule has 0 spiro atoms. The normalized spacial score (nSPS) is 8.36. The van der Waals surface area contributed by atoms with Crippen LogP contribution in [-0.4, -0.2) is 13.3 Å². The Balaban J connectivity index is 0. The van der Waals surface area contributed by atoms with Crippen molar-refractivity contribution in [2.75, 3.05) is 0 Å². The molecule has 2 nitrogen and oxygen atoms in total. The van der Waals surface area contributed by atoms with Gasteiger partial charge in [0.05, 0.1) is 0 Å². The van der Waals surface area contributed by atoms with E-state index in [4.69, 9.17) is 22.2 Å². The smallest absolute Gasteiger partial charge is 0.240 e. The maximum absolute atomic E-state index is 9.47. The molecular formula is C6H13Cl2NOSi. The molecule has 0 heterocycles. The first-order valence-electron chi connectivity index (χ1n) is 3.24. The van der Waals surface area contributed by atoms with E-state index in [1.165, 1.54) is 0 Å². The zero-order chi connectivity index (χ0) is 9.28. The van der Waals surface area contributed by atoms with Crippen LogP contribution in [0.5, 0.6) is 0 Å². The molecule has 5 heteroatoms. The molecular weight excluding hydrogens is 201 g/mol. The molecule has 0 saturated heterocycles. The monoisotopic (exact) mass is 213 g/mol. The second-order valence-electron chi connectivity index (χ2n) is 1.79. The SMILES string of the molecule is C=CC(N)=O.CCC[SiH](Cl)Cl. The number of carbonyl (C=O) groups excluding carboxylic acids is 1. The second-order valence-corrected chi connectivity index (χ2v) is 6.98. The third kappa shape index (κ3) is 25.6. The molecule has 2 N–H and O–H groups in total. The van der Waals surface area contributed by atoms with Gasteiger partial charge in [-0.15, -0.1) is 0 Å². The minimum atomic E-state index is -1.23. The number of rotatable bonds is 3. The summed E-state index contributed by atoms with van der Waals surface area (Å²) in [5.41, 5.74) is 4.53. The summed E-state index contributed by atoms with van der Waals surface area (Å²) in [5, 5.41) is 0. The molecule has 0 aromatic rings. The van der Waals surface area contributed by atoms with Crippen molar-refractivity contribution in [2.45, 2.75) is 19.4 Å². The minimum Gasteiger partial charge on any atom is -0.366 e. The third-order valence-electron chi connectivity index (χ3n) is 0.708. The van der Waals surface area contributed by atoms with Gasteiger partial charge >= 0.3 is 0 Å². The number of carbonyl (C=O) groups is 1. The standard InChI is InChI=1S/C3H8Cl2Si.C3H5NO/c1-2-3-6(4)5;1-2-3(4)5/h6H,2-3H2,1H3;2H,1H2,(H2,4,5). The molecule has 0 saturated carbocycles. The van der Waals surface area contributed by atoms with Crippen LogP contribution in [0.3, 0.4) is 0 Å². The van der Waals surface area contributed by atoms with Crippen molar-refractivity contribution in [2.24, 2.45) is 5.73 Å². The van der Waals surface area contributed by atoms with E-state index >= 15 is 0 Å². The van der Waals surface area contributed by atoms with Crippen LogP contribution in [0.15, 0.2) is 12.7 Å². The maximum Gasteiger partial charge on any atom is 0.240 e. The molecule has 66 valence electrons. The quantitative estimate of drug-likeness (QED) is 0.434. The highest BCUT2D eigenvalue weighted by molar-refractivity contribution is 7.33. The fraction of sp³-hybridized carbons (Fsp3) is 0.500. The highest BCUT2D eigenvalue weighted by Crippen LogP contribution is 2.04. The molecule has 0 atom stereocenters. The molecule has 0 rings (SSSR count). The van der Waals surface area contributed by atoms with Gasteiger partial charge in [0.2, 0.25) is 13.3 Å². The van der Waals surface area contributed by atoms with E-state index < -0.39 is 13.3 Å². The van der Waals surface area contributed by atoms with E-state index in [9.17, 15) is 4.79 Å². The number of nitrogens with two attached hydrogens (primary N) is 1. The van der Waals surface area contributed by atoms with Crippen molar-refractivity contribution < 1.29 is 4.79 Å². The van der Waals surface area contributed by atoms with Gasteiger partial charge in [-0.05, 0) is 12.1 Å². The van der Waals surface area contributed by atoms with Crippen molar-refractivity contribution in [3.63, 3.8) is 0 Å². The lowest BCUT2D eigenvalue weighted by Gasteiger charge is -1.87. The molecule has 0 aromatic heterocycles. The lowest BCUT2D eigenvalue weighted by atomic mass is 10.6. The first-order chi connectivity index (χ1) is 5.04. The van der Waals surface area contributed by atoms with Gasteiger partial charge < -0.3 is 5.73 Å². The van der Waals surface area contributed by atoms with Gasteiger partial charge in [-0.1, -0.05) is 19.9 Å². The third-order valence-corrected chi connectivity index (χ3v) is 3.03. The second kappa shape index (κ2) is 10.0. The van der Waals surface area contributed by atoms with E-state index in [1.807, 2.05) is 0 Å². The molecule has 0 radical (unpaired) electrons. The molecule has 0 aromatic carbocycles. The van der Waals surface area contributed by atoms with Crippen LogP contribution in [-0.2, 0) is 4.79 Å². The molecule has 0 unspecified atom stereocenters. The Kier molecular flexibility index (Phi) is 12.4. The minimum absolute atomic E-state index is 0.481. The summed E-state index contributed by atoms with van der Waals surface area (Å²) >= 11 is 11.0. The number of primary amides is 1. The van der Waals surface area contributed by atoms with Crippen LogP contribution in [0.2, 0.25) is 6.04 Å². The maximum atomic E-state index is 9.47. The van der Waals surface area contributed by atoms with Crippen molar-refractivity contribution in [3.05, 3.63) is 12.7 Å². The van der Waals surface area contributed by atoms with Gasteiger partial charge in [-0.2, -0.15) is 22.2 Å². The number of hydrogen-bond donors (Lipinski definition) is 1. The van der Waals surface area contributed by atoms with Crippen LogP contribution in [0.25, 0.3) is 0 Å². The van der Waals surface area contributed by atoms with E-state index in [0.29, 0.717) is 0 Å². The molecule has 0 aliphatic heterocycles. The summed E-state index contributed by atoms with van der Waals surface area (Å²) in [5.74, 6) is -0.481. The fourth-order valence-corrected chi connectivity index (χ4v) is 1.96. The number of hydrogen-bond acceptors (Lipinski definition) is 1. The van der Waals surface area contributed by atoms with E-state index in [2.05, 4.69) is 19.2 Å². The highest BCUT2D eigenvalue weighted by atomic mass is 35.7. The van der Waals surface area contributed by atoms with Crippen molar-refractivity contribution in [3.8, 4) is 0 Å². The Hall–Kier alpha value is 0.00688. The van der Waals surface area contributed by atoms with Crippen LogP contribution < -0.4 is 5.73 Å². The lowest BCUT2D eigenvalue weighted by Crippen LogP contribution is -2.04. The summed E-state index contributed by atoms with van der Waals surface area (Å²) in [4.78, 5) is 9.47. The number of amides is 1. The molecule has 0 aliphatic carbocycles. The van der Waals surface area contributed by atoms with Crippen molar-refractivity contribution in [1.82, 2.24) is 0 Å². The topological polar surface area (TPSA) is 43.1 Å². The summed E-state index contributed by atoms with van der Waals surface area (Å²) < 4.78 is 0. The molecule has 0 aliphatic rings. The van der Waals surface area contributed by atoms with E-state index in [0.717, 1.165) is 18.5 Å². The first-order valence-corrected chi connectivity index (χ1v) is 7.55. The molecule has 0 fully saturated rings. The van der Waals surface area contributed by atoms with Crippen LogP contribution >= 0.6 is 22.2 Å². The summed E-state index contributed by atoms with van der Waals surface area (Å²) in [6, 6.07) is 1.04. The average Bonchev–Trinajstić information content (AvgIpc) is 1.89. The predicted molar refractivity (Wildman–Crippen MR) is 53.3 cm³/mol. The molecule has 11 heavy (non-hydrogen) atoms. The summed E-state index contributed by atoms with van der Waals surface area (Å²) in [6.07, 6.45) is 2.18. The van der Waals surface area contributed by atoms with E-state index in [-0.39, 0.29) is 0 Å². The lowest BCUT2D eigenvalue weighted by molar-refractivity contribution is -0.113. The van der Waals surface area contributed by atoms with Gasteiger partial charge in [-0.3, -0.25) is 4.79 Å². The Labute approximate surface area is 78.4 Å². The zero-order valence-corrected chi connectivity index (χ0v) is 9.18. The Morgan fingerprint density at radius 1 is 1.73 bits per heavy atom. The van der Waals surface area contributed by atoms with Crippen LogP contribution in [0.1, 0.15) is 13.3 Å². The molecule has 0 bridgehead atoms. The van der Waals surface area contributed by atoms with Crippen molar-refractivity contribution in [1.29, 1.82) is 0 Å². The van der Waals surface area contributed by atoms with Gasteiger partial charge in [0.25, 0.3) is 0 Å². The first kappa shape index (κ1) is 13.6. The largest absolute Gasteiger partial charge is 0.366 e. The Morgan fingerprint density at radius 2 is 2.09 bits per heavy atom. The van der Waals surface area contributed by atoms with Gasteiger partial charge in [0.15, 0.2) is 0 Å². The zero-order valence-electron chi connectivity index (χ0n) is 6.52. The Morgan fingerprint density at radius 3 is 2.09 bits per heavy atom. The van der Waals surface area contributed by atoms with Gasteiger partial charge in [-0.25, -0.2) is 0 Å². The van der Waals surface area contributed by atoms with Crippen molar-refractivity contribution >= 4 is 35.5 Å². The number of halogens is 2. The highest BCUT2D eigenvalue weighted by Gasteiger charge is 1.95. The van der Waals surface area contributed by atoms with Crippen LogP contribution in [0, 0.1) is 0 Å².